The smallest absolute Gasteiger partial charge is 0.462 e. The van der Waals surface area contributed by atoms with Gasteiger partial charge in [0.25, 0.3) is 0 Å². The second-order valence-corrected chi connectivity index (χ2v) is 29.9. The molecular weight excluding hydrogens is 1190 g/mol. The molecule has 0 saturated heterocycles. The third kappa shape index (κ3) is 79.8. The summed E-state index contributed by atoms with van der Waals surface area (Å²) >= 11 is 0. The molecule has 2 atom stereocenters. The molecule has 9 nitrogen and oxygen atoms in total. The molecule has 0 amide bonds. The Morgan fingerprint density at radius 1 is 0.337 bits per heavy atom. The summed E-state index contributed by atoms with van der Waals surface area (Å²) in [5.41, 5.74) is 0. The molecule has 0 heterocycles. The van der Waals surface area contributed by atoms with Gasteiger partial charge in [0.05, 0.1) is 27.7 Å². The van der Waals surface area contributed by atoms with Crippen LogP contribution in [0.2, 0.25) is 0 Å². The van der Waals surface area contributed by atoms with Crippen molar-refractivity contribution in [2.75, 3.05) is 47.5 Å². The van der Waals surface area contributed by atoms with E-state index < -0.39 is 26.5 Å². The second kappa shape index (κ2) is 75.1. The molecule has 0 aliphatic carbocycles. The van der Waals surface area contributed by atoms with Gasteiger partial charge in [0, 0.05) is 12.8 Å². The van der Waals surface area contributed by atoms with Crippen LogP contribution in [-0.2, 0) is 32.7 Å². The molecule has 0 saturated carbocycles. The minimum absolute atomic E-state index is 0.0310. The van der Waals surface area contributed by atoms with Gasteiger partial charge in [-0.25, -0.2) is 4.57 Å². The van der Waals surface area contributed by atoms with Gasteiger partial charge in [0.2, 0.25) is 0 Å². The Hall–Kier alpha value is -3.07. The van der Waals surface area contributed by atoms with Crippen LogP contribution in [-0.4, -0.2) is 74.9 Å². The molecule has 0 radical (unpaired) electrons. The standard InChI is InChI=1S/C85H154NO8P/c1-6-8-10-12-14-16-18-20-22-24-26-28-30-32-34-36-38-40-41-42-43-44-45-46-48-50-52-54-56-58-60-62-64-66-68-70-72-74-76-78-85(88)94-83(82-93-95(89,90)92-80-79-86(3,4)5)81-91-84(87)77-75-73-71-69-67-65-63-61-59-57-55-53-51-49-47-39-37-35-33-31-29-27-25-23-21-19-17-15-13-11-9-7-2/h8,10,14,16,20,22,26,28,32,34,38,40,42-43,45-46,83H,6-7,9,11-13,15,17-19,21,23-25,27,29-31,33,35-37,39,41,44,47-82H2,1-5H3/p+1/b10-8-,16-14-,22-20-,28-26-,34-32-,40-38-,43-42-,46-45-. The molecule has 0 fully saturated rings. The summed E-state index contributed by atoms with van der Waals surface area (Å²) in [4.78, 5) is 36.0. The summed E-state index contributed by atoms with van der Waals surface area (Å²) in [5, 5.41) is 0. The lowest BCUT2D eigenvalue weighted by Gasteiger charge is -2.24. The largest absolute Gasteiger partial charge is 0.472 e. The van der Waals surface area contributed by atoms with Crippen LogP contribution >= 0.6 is 7.82 Å². The number of carbonyl (C=O) groups is 2. The van der Waals surface area contributed by atoms with Crippen molar-refractivity contribution < 1.29 is 42.1 Å². The summed E-state index contributed by atoms with van der Waals surface area (Å²) in [5.74, 6) is -0.782. The van der Waals surface area contributed by atoms with Crippen LogP contribution in [0.1, 0.15) is 380 Å². The topological polar surface area (TPSA) is 108 Å². The Morgan fingerprint density at radius 2 is 0.600 bits per heavy atom. The lowest BCUT2D eigenvalue weighted by Crippen LogP contribution is -2.37. The number of nitrogens with zero attached hydrogens (tertiary/aromatic N) is 1. The maximum atomic E-state index is 12.9. The van der Waals surface area contributed by atoms with Crippen molar-refractivity contribution >= 4 is 19.8 Å². The molecule has 0 aliphatic rings. The summed E-state index contributed by atoms with van der Waals surface area (Å²) in [6, 6.07) is 0. The molecule has 0 rings (SSSR count). The zero-order valence-corrected chi connectivity index (χ0v) is 64.0. The monoisotopic (exact) mass is 1350 g/mol. The van der Waals surface area contributed by atoms with E-state index in [0.29, 0.717) is 23.9 Å². The van der Waals surface area contributed by atoms with Crippen LogP contribution in [0.4, 0.5) is 0 Å². The maximum absolute atomic E-state index is 12.9. The summed E-state index contributed by atoms with van der Waals surface area (Å²) in [6.07, 6.45) is 106. The average molecular weight is 1350 g/mol. The first-order valence-corrected chi connectivity index (χ1v) is 42.0. The molecule has 552 valence electrons. The van der Waals surface area contributed by atoms with E-state index in [0.717, 1.165) is 89.9 Å². The SMILES string of the molecule is CC/C=C\C/C=C\C/C=C\C/C=C\C/C=C\C/C=C\C/C=C\C/C=C\CCCCCCCCCCCCCCCCC(=O)OC(COC(=O)CCCCCCCCCCCCCCCCCCCCCCCCCCCCCCCCCC)COP(=O)(O)OCC[N+](C)(C)C. The summed E-state index contributed by atoms with van der Waals surface area (Å²) < 4.78 is 34.8. The average Bonchev–Trinajstić information content (AvgIpc) is 2.18. The highest BCUT2D eigenvalue weighted by Gasteiger charge is 2.27. The van der Waals surface area contributed by atoms with Crippen LogP contribution in [0.25, 0.3) is 0 Å². The van der Waals surface area contributed by atoms with Crippen LogP contribution in [0.5, 0.6) is 0 Å². The van der Waals surface area contributed by atoms with E-state index in [4.69, 9.17) is 18.5 Å². The third-order valence-electron chi connectivity index (χ3n) is 17.9. The first-order chi connectivity index (χ1) is 46.5. The number of allylic oxidation sites excluding steroid dienone is 16. The third-order valence-corrected chi connectivity index (χ3v) is 18.9. The zero-order valence-electron chi connectivity index (χ0n) is 63.1. The van der Waals surface area contributed by atoms with Crippen molar-refractivity contribution in [1.82, 2.24) is 0 Å². The Bertz CT molecular complexity index is 1930. The first-order valence-electron chi connectivity index (χ1n) is 40.5. The van der Waals surface area contributed by atoms with E-state index in [9.17, 15) is 19.0 Å². The molecule has 1 N–H and O–H groups in total. The molecule has 0 bridgehead atoms. The van der Waals surface area contributed by atoms with Gasteiger partial charge in [-0.1, -0.05) is 387 Å². The Labute approximate surface area is 589 Å². The molecule has 0 spiro atoms. The normalized spacial score (nSPS) is 13.5. The zero-order chi connectivity index (χ0) is 69.0. The number of hydrogen-bond acceptors (Lipinski definition) is 7. The Balaban J connectivity index is 3.96. The van der Waals surface area contributed by atoms with Crippen LogP contribution < -0.4 is 0 Å². The number of phosphoric ester groups is 1. The highest BCUT2D eigenvalue weighted by atomic mass is 31.2. The number of likely N-dealkylation sites (N-methyl/N-ethyl adjacent to an activating group) is 1. The number of quaternary nitrogens is 1. The fraction of sp³-hybridized carbons (Fsp3) is 0.788. The van der Waals surface area contributed by atoms with Gasteiger partial charge in [-0.05, 0) is 77.0 Å². The van der Waals surface area contributed by atoms with Crippen LogP contribution in [0.15, 0.2) is 97.2 Å². The molecule has 95 heavy (non-hydrogen) atoms. The number of esters is 2. The van der Waals surface area contributed by atoms with Gasteiger partial charge in [-0.15, -0.1) is 0 Å². The van der Waals surface area contributed by atoms with Crippen molar-refractivity contribution in [2.45, 2.75) is 386 Å². The van der Waals surface area contributed by atoms with Crippen molar-refractivity contribution in [2.24, 2.45) is 0 Å². The highest BCUT2D eigenvalue weighted by molar-refractivity contribution is 7.47. The van der Waals surface area contributed by atoms with Crippen molar-refractivity contribution in [3.63, 3.8) is 0 Å². The van der Waals surface area contributed by atoms with Gasteiger partial charge >= 0.3 is 19.8 Å². The number of ether oxygens (including phenoxy) is 2. The number of carbonyl (C=O) groups excluding carboxylic acids is 2. The van der Waals surface area contributed by atoms with E-state index in [2.05, 4.69) is 111 Å². The van der Waals surface area contributed by atoms with E-state index in [1.165, 1.54) is 257 Å². The number of phosphoric acid groups is 1. The van der Waals surface area contributed by atoms with Gasteiger partial charge in [-0.3, -0.25) is 18.6 Å². The van der Waals surface area contributed by atoms with Crippen LogP contribution in [0, 0.1) is 0 Å². The maximum Gasteiger partial charge on any atom is 0.472 e. The predicted octanol–water partition coefficient (Wildman–Crippen LogP) is 27.0. The van der Waals surface area contributed by atoms with E-state index >= 15 is 0 Å². The molecular formula is C85H155NO8P+. The fourth-order valence-electron chi connectivity index (χ4n) is 11.7. The molecule has 0 aromatic heterocycles. The van der Waals surface area contributed by atoms with Crippen molar-refractivity contribution in [3.05, 3.63) is 97.2 Å². The summed E-state index contributed by atoms with van der Waals surface area (Å²) in [7, 11) is 1.49. The lowest BCUT2D eigenvalue weighted by atomic mass is 10.0. The minimum Gasteiger partial charge on any atom is -0.462 e. The van der Waals surface area contributed by atoms with Crippen molar-refractivity contribution in [3.8, 4) is 0 Å². The predicted molar refractivity (Wildman–Crippen MR) is 413 cm³/mol. The minimum atomic E-state index is -4.40. The fourth-order valence-corrected chi connectivity index (χ4v) is 12.5. The first kappa shape index (κ1) is 91.9. The van der Waals surface area contributed by atoms with Gasteiger partial charge in [0.1, 0.15) is 19.8 Å². The lowest BCUT2D eigenvalue weighted by molar-refractivity contribution is -0.870. The van der Waals surface area contributed by atoms with Gasteiger partial charge < -0.3 is 18.9 Å². The molecule has 10 heteroatoms. The quantitative estimate of drug-likeness (QED) is 0.0211. The molecule has 2 unspecified atom stereocenters. The van der Waals surface area contributed by atoms with Gasteiger partial charge in [0.15, 0.2) is 6.10 Å². The Morgan fingerprint density at radius 3 is 0.895 bits per heavy atom. The number of unbranched alkanes of at least 4 members (excludes halogenated alkanes) is 45. The molecule has 0 aromatic carbocycles. The second-order valence-electron chi connectivity index (χ2n) is 28.4. The van der Waals surface area contributed by atoms with Crippen molar-refractivity contribution in [1.29, 1.82) is 0 Å². The van der Waals surface area contributed by atoms with Crippen LogP contribution in [0.3, 0.4) is 0 Å². The number of hydrogen-bond donors (Lipinski definition) is 1. The molecule has 0 aromatic rings. The molecule has 0 aliphatic heterocycles. The highest BCUT2D eigenvalue weighted by Crippen LogP contribution is 2.43. The van der Waals surface area contributed by atoms with E-state index in [1.807, 2.05) is 21.1 Å². The Kier molecular flexibility index (Phi) is 72.7. The number of rotatable bonds is 75. The van der Waals surface area contributed by atoms with E-state index in [-0.39, 0.29) is 25.6 Å². The summed E-state index contributed by atoms with van der Waals surface area (Å²) in [6.45, 7) is 4.38. The van der Waals surface area contributed by atoms with Gasteiger partial charge in [-0.2, -0.15) is 0 Å². The van der Waals surface area contributed by atoms with E-state index in [1.54, 1.807) is 0 Å².